The van der Waals surface area contributed by atoms with Crippen LogP contribution in [0.4, 0.5) is 0 Å². The number of rotatable bonds is 4. The first kappa shape index (κ1) is 15.0. The minimum atomic E-state index is -0.490. The first-order chi connectivity index (χ1) is 8.38. The van der Waals surface area contributed by atoms with Gasteiger partial charge in [-0.1, -0.05) is 0 Å². The fraction of sp³-hybridized carbons (Fsp3) is 0.846. The highest BCUT2D eigenvalue weighted by atomic mass is 16.6. The van der Waals surface area contributed by atoms with Gasteiger partial charge >= 0.3 is 11.9 Å². The molecule has 1 aliphatic rings. The molecule has 1 N–H and O–H groups in total. The van der Waals surface area contributed by atoms with Crippen LogP contribution in [0.15, 0.2) is 0 Å². The third-order valence-electron chi connectivity index (χ3n) is 2.64. The molecule has 0 unspecified atom stereocenters. The first-order valence-corrected chi connectivity index (χ1v) is 6.48. The molecular formula is C13H23NO4. The van der Waals surface area contributed by atoms with Crippen LogP contribution in [0, 0.1) is 5.92 Å². The lowest BCUT2D eigenvalue weighted by Gasteiger charge is -2.21. The summed E-state index contributed by atoms with van der Waals surface area (Å²) in [5.74, 6) is -0.550. The maximum absolute atomic E-state index is 11.7. The molecule has 0 spiro atoms. The second-order valence-electron chi connectivity index (χ2n) is 5.53. The smallest absolute Gasteiger partial charge is 0.309 e. The Morgan fingerprint density at radius 3 is 2.39 bits per heavy atom. The van der Waals surface area contributed by atoms with Crippen molar-refractivity contribution in [1.82, 2.24) is 5.32 Å². The van der Waals surface area contributed by atoms with E-state index in [1.807, 2.05) is 20.8 Å². The van der Waals surface area contributed by atoms with E-state index in [0.717, 1.165) is 25.9 Å². The maximum atomic E-state index is 11.7. The van der Waals surface area contributed by atoms with Crippen LogP contribution in [-0.2, 0) is 19.1 Å². The van der Waals surface area contributed by atoms with E-state index in [1.54, 1.807) is 0 Å². The van der Waals surface area contributed by atoms with Gasteiger partial charge in [-0.2, -0.15) is 0 Å². The van der Waals surface area contributed by atoms with Crippen molar-refractivity contribution >= 4 is 11.9 Å². The summed E-state index contributed by atoms with van der Waals surface area (Å²) in [5.41, 5.74) is -0.490. The Balaban J connectivity index is 2.17. The zero-order chi connectivity index (χ0) is 13.6. The number of esters is 2. The number of nitrogens with one attached hydrogen (secondary N) is 1. The molecule has 1 fully saturated rings. The topological polar surface area (TPSA) is 64.6 Å². The number of piperidine rings is 1. The van der Waals surface area contributed by atoms with Gasteiger partial charge in [-0.3, -0.25) is 9.59 Å². The van der Waals surface area contributed by atoms with Crippen molar-refractivity contribution in [2.24, 2.45) is 5.92 Å². The van der Waals surface area contributed by atoms with E-state index >= 15 is 0 Å². The van der Waals surface area contributed by atoms with Crippen LogP contribution in [0.1, 0.15) is 40.0 Å². The molecule has 0 aromatic carbocycles. The summed E-state index contributed by atoms with van der Waals surface area (Å²) < 4.78 is 10.2. The Morgan fingerprint density at radius 2 is 1.83 bits per heavy atom. The maximum Gasteiger partial charge on any atom is 0.309 e. The molecule has 5 nitrogen and oxygen atoms in total. The highest BCUT2D eigenvalue weighted by molar-refractivity contribution is 5.74. The number of hydrogen-bond donors (Lipinski definition) is 1. The van der Waals surface area contributed by atoms with Crippen molar-refractivity contribution in [1.29, 1.82) is 0 Å². The van der Waals surface area contributed by atoms with E-state index in [4.69, 9.17) is 9.47 Å². The van der Waals surface area contributed by atoms with E-state index in [0.29, 0.717) is 0 Å². The van der Waals surface area contributed by atoms with Gasteiger partial charge in [0.25, 0.3) is 0 Å². The van der Waals surface area contributed by atoms with E-state index in [-0.39, 0.29) is 30.9 Å². The number of hydrogen-bond acceptors (Lipinski definition) is 5. The van der Waals surface area contributed by atoms with Crippen molar-refractivity contribution < 1.29 is 19.1 Å². The molecule has 0 radical (unpaired) electrons. The van der Waals surface area contributed by atoms with Gasteiger partial charge in [-0.05, 0) is 46.7 Å². The second-order valence-corrected chi connectivity index (χ2v) is 5.53. The molecule has 1 aliphatic heterocycles. The Hall–Kier alpha value is -1.10. The first-order valence-electron chi connectivity index (χ1n) is 6.48. The van der Waals surface area contributed by atoms with E-state index in [1.165, 1.54) is 0 Å². The summed E-state index contributed by atoms with van der Waals surface area (Å²) in [6.45, 7) is 7.25. The summed E-state index contributed by atoms with van der Waals surface area (Å²) in [5, 5.41) is 3.19. The predicted molar refractivity (Wildman–Crippen MR) is 67.0 cm³/mol. The lowest BCUT2D eigenvalue weighted by atomic mass is 9.99. The van der Waals surface area contributed by atoms with Gasteiger partial charge in [0.2, 0.25) is 0 Å². The quantitative estimate of drug-likeness (QED) is 0.768. The lowest BCUT2D eigenvalue weighted by Crippen LogP contribution is -2.33. The van der Waals surface area contributed by atoms with Crippen molar-refractivity contribution in [3.63, 3.8) is 0 Å². The summed E-state index contributed by atoms with van der Waals surface area (Å²) >= 11 is 0. The van der Waals surface area contributed by atoms with Gasteiger partial charge in [-0.15, -0.1) is 0 Å². The molecular weight excluding hydrogens is 234 g/mol. The normalized spacial score (nSPS) is 17.3. The predicted octanol–water partition coefficient (Wildman–Crippen LogP) is 1.26. The average Bonchev–Trinajstić information content (AvgIpc) is 2.27. The van der Waals surface area contributed by atoms with Crippen LogP contribution < -0.4 is 5.32 Å². The number of carbonyl (C=O) groups excluding carboxylic acids is 2. The molecule has 0 atom stereocenters. The fourth-order valence-corrected chi connectivity index (χ4v) is 1.80. The summed E-state index contributed by atoms with van der Waals surface area (Å²) in [4.78, 5) is 23.1. The summed E-state index contributed by atoms with van der Waals surface area (Å²) in [6.07, 6.45) is 1.74. The minimum Gasteiger partial charge on any atom is -0.465 e. The molecule has 1 saturated heterocycles. The van der Waals surface area contributed by atoms with Crippen molar-refractivity contribution in [3.8, 4) is 0 Å². The molecule has 18 heavy (non-hydrogen) atoms. The number of carbonyl (C=O) groups is 2. The van der Waals surface area contributed by atoms with Crippen LogP contribution in [0.3, 0.4) is 0 Å². The van der Waals surface area contributed by atoms with Crippen molar-refractivity contribution in [2.45, 2.75) is 45.6 Å². The van der Waals surface area contributed by atoms with Gasteiger partial charge in [0, 0.05) is 0 Å². The highest BCUT2D eigenvalue weighted by Gasteiger charge is 2.23. The molecule has 0 amide bonds. The van der Waals surface area contributed by atoms with Crippen LogP contribution in [0.2, 0.25) is 0 Å². The SMILES string of the molecule is CC(C)(C)OC(=O)CCOC(=O)C1CCNCC1. The third-order valence-corrected chi connectivity index (χ3v) is 2.64. The monoisotopic (exact) mass is 257 g/mol. The molecule has 104 valence electrons. The van der Waals surface area contributed by atoms with Crippen LogP contribution in [0.5, 0.6) is 0 Å². The summed E-state index contributed by atoms with van der Waals surface area (Å²) in [7, 11) is 0. The minimum absolute atomic E-state index is 0.0233. The molecule has 0 aliphatic carbocycles. The van der Waals surface area contributed by atoms with Gasteiger partial charge in [0.15, 0.2) is 0 Å². The third kappa shape index (κ3) is 6.00. The molecule has 0 bridgehead atoms. The molecule has 1 heterocycles. The largest absolute Gasteiger partial charge is 0.465 e. The molecule has 0 aromatic heterocycles. The van der Waals surface area contributed by atoms with Crippen LogP contribution in [-0.4, -0.2) is 37.2 Å². The van der Waals surface area contributed by atoms with Crippen molar-refractivity contribution in [2.75, 3.05) is 19.7 Å². The lowest BCUT2D eigenvalue weighted by molar-refractivity contribution is -0.158. The number of ether oxygens (including phenoxy) is 2. The standard InChI is InChI=1S/C13H23NO4/c1-13(2,3)18-11(15)6-9-17-12(16)10-4-7-14-8-5-10/h10,14H,4-9H2,1-3H3. The molecule has 5 heteroatoms. The zero-order valence-electron chi connectivity index (χ0n) is 11.5. The van der Waals surface area contributed by atoms with E-state index in [2.05, 4.69) is 5.32 Å². The van der Waals surface area contributed by atoms with E-state index < -0.39 is 5.60 Å². The molecule has 0 aromatic rings. The summed E-state index contributed by atoms with van der Waals surface area (Å²) in [6, 6.07) is 0. The van der Waals surface area contributed by atoms with Gasteiger partial charge in [-0.25, -0.2) is 0 Å². The average molecular weight is 257 g/mol. The van der Waals surface area contributed by atoms with Crippen molar-refractivity contribution in [3.05, 3.63) is 0 Å². The van der Waals surface area contributed by atoms with Gasteiger partial charge in [0.05, 0.1) is 12.3 Å². The fourth-order valence-electron chi connectivity index (χ4n) is 1.80. The highest BCUT2D eigenvalue weighted by Crippen LogP contribution is 2.14. The van der Waals surface area contributed by atoms with Crippen LogP contribution >= 0.6 is 0 Å². The molecule has 1 rings (SSSR count). The Morgan fingerprint density at radius 1 is 1.22 bits per heavy atom. The van der Waals surface area contributed by atoms with Gasteiger partial charge < -0.3 is 14.8 Å². The Bertz CT molecular complexity index is 290. The second kappa shape index (κ2) is 6.73. The molecule has 0 saturated carbocycles. The Kier molecular flexibility index (Phi) is 5.59. The van der Waals surface area contributed by atoms with Crippen LogP contribution in [0.25, 0.3) is 0 Å². The van der Waals surface area contributed by atoms with E-state index in [9.17, 15) is 9.59 Å². The Labute approximate surface area is 108 Å². The zero-order valence-corrected chi connectivity index (χ0v) is 11.5. The van der Waals surface area contributed by atoms with Gasteiger partial charge in [0.1, 0.15) is 12.2 Å².